The van der Waals surface area contributed by atoms with Crippen LogP contribution in [-0.2, 0) is 14.4 Å². The minimum Gasteiger partial charge on any atom is -0.481 e. The van der Waals surface area contributed by atoms with Gasteiger partial charge in [-0.05, 0) is 62.5 Å². The molecule has 0 aromatic carbocycles. The molecule has 3 unspecified atom stereocenters. The summed E-state index contributed by atoms with van der Waals surface area (Å²) in [5.74, 6) is -2.56. The van der Waals surface area contributed by atoms with Gasteiger partial charge < -0.3 is 20.6 Å². The third-order valence-electron chi connectivity index (χ3n) is 6.59. The highest BCUT2D eigenvalue weighted by Crippen LogP contribution is 2.43. The molecule has 0 amide bonds. The van der Waals surface area contributed by atoms with E-state index in [2.05, 4.69) is 5.32 Å². The first kappa shape index (κ1) is 24.7. The number of nitrogens with one attached hydrogen (secondary N) is 1. The van der Waals surface area contributed by atoms with E-state index < -0.39 is 23.3 Å². The second kappa shape index (κ2) is 12.3. The van der Waals surface area contributed by atoms with Crippen LogP contribution in [0, 0.1) is 17.3 Å². The van der Waals surface area contributed by atoms with E-state index in [9.17, 15) is 29.7 Å². The zero-order chi connectivity index (χ0) is 22.7. The van der Waals surface area contributed by atoms with Crippen molar-refractivity contribution >= 4 is 17.9 Å². The van der Waals surface area contributed by atoms with Crippen molar-refractivity contribution in [2.75, 3.05) is 0 Å². The maximum absolute atomic E-state index is 11.8. The van der Waals surface area contributed by atoms with E-state index in [4.69, 9.17) is 0 Å². The Kier molecular flexibility index (Phi) is 9.82. The average molecular weight is 434 g/mol. The van der Waals surface area contributed by atoms with Crippen LogP contribution in [0.1, 0.15) is 77.0 Å². The van der Waals surface area contributed by atoms with Crippen molar-refractivity contribution < 1.29 is 29.7 Å². The molecular formula is C24H35NO6. The Labute approximate surface area is 183 Å². The van der Waals surface area contributed by atoms with Crippen LogP contribution in [0.25, 0.3) is 0 Å². The van der Waals surface area contributed by atoms with Crippen molar-refractivity contribution in [2.45, 2.75) is 77.0 Å². The zero-order valence-corrected chi connectivity index (χ0v) is 18.1. The minimum absolute atomic E-state index is 0.00502. The van der Waals surface area contributed by atoms with Crippen LogP contribution < -0.4 is 5.32 Å². The zero-order valence-electron chi connectivity index (χ0n) is 18.1. The fourth-order valence-electron chi connectivity index (χ4n) is 4.96. The lowest BCUT2D eigenvalue weighted by Gasteiger charge is -2.37. The van der Waals surface area contributed by atoms with Gasteiger partial charge in [0.25, 0.3) is 0 Å². The molecule has 0 radical (unpaired) electrons. The third kappa shape index (κ3) is 8.59. The van der Waals surface area contributed by atoms with Gasteiger partial charge in [-0.1, -0.05) is 31.4 Å². The molecule has 3 atom stereocenters. The largest absolute Gasteiger partial charge is 0.481 e. The van der Waals surface area contributed by atoms with E-state index in [1.54, 1.807) is 6.20 Å². The summed E-state index contributed by atoms with van der Waals surface area (Å²) < 4.78 is 0. The first-order chi connectivity index (χ1) is 14.8. The highest BCUT2D eigenvalue weighted by atomic mass is 16.4. The monoisotopic (exact) mass is 433 g/mol. The molecule has 1 aliphatic heterocycles. The summed E-state index contributed by atoms with van der Waals surface area (Å²) in [6, 6.07) is 0. The molecule has 1 saturated carbocycles. The predicted molar refractivity (Wildman–Crippen MR) is 117 cm³/mol. The van der Waals surface area contributed by atoms with Crippen LogP contribution in [0.3, 0.4) is 0 Å². The molecule has 172 valence electrons. The molecule has 7 nitrogen and oxygen atoms in total. The molecule has 0 saturated heterocycles. The van der Waals surface area contributed by atoms with Gasteiger partial charge in [-0.2, -0.15) is 0 Å². The molecule has 31 heavy (non-hydrogen) atoms. The van der Waals surface area contributed by atoms with Gasteiger partial charge >= 0.3 is 17.9 Å². The highest BCUT2D eigenvalue weighted by Gasteiger charge is 2.37. The van der Waals surface area contributed by atoms with E-state index in [1.165, 1.54) is 0 Å². The second-order valence-electron chi connectivity index (χ2n) is 8.96. The summed E-state index contributed by atoms with van der Waals surface area (Å²) in [5, 5.41) is 31.6. The number of carboxylic acids is 3. The lowest BCUT2D eigenvalue weighted by Crippen LogP contribution is -2.33. The number of allylic oxidation sites excluding steroid dienone is 5. The molecule has 1 heterocycles. The van der Waals surface area contributed by atoms with Gasteiger partial charge in [-0.15, -0.1) is 0 Å². The number of rotatable bonds is 7. The van der Waals surface area contributed by atoms with Gasteiger partial charge in [0.2, 0.25) is 0 Å². The van der Waals surface area contributed by atoms with Gasteiger partial charge in [0.05, 0.1) is 6.42 Å². The van der Waals surface area contributed by atoms with Gasteiger partial charge in [-0.3, -0.25) is 14.4 Å². The predicted octanol–water partition coefficient (Wildman–Crippen LogP) is 4.71. The summed E-state index contributed by atoms with van der Waals surface area (Å²) in [6.07, 6.45) is 16.3. The lowest BCUT2D eigenvalue weighted by molar-refractivity contribution is -0.140. The summed E-state index contributed by atoms with van der Waals surface area (Å²) in [5.41, 5.74) is 0.288. The molecule has 1 aliphatic carbocycles. The third-order valence-corrected chi connectivity index (χ3v) is 6.59. The Bertz CT molecular complexity index is 726. The Balaban J connectivity index is 2.27. The van der Waals surface area contributed by atoms with Crippen LogP contribution >= 0.6 is 0 Å². The second-order valence-corrected chi connectivity index (χ2v) is 8.96. The summed E-state index contributed by atoms with van der Waals surface area (Å²) in [4.78, 5) is 34.5. The van der Waals surface area contributed by atoms with E-state index in [0.29, 0.717) is 32.1 Å². The maximum Gasteiger partial charge on any atom is 0.304 e. The molecule has 2 aliphatic rings. The minimum atomic E-state index is -0.867. The van der Waals surface area contributed by atoms with Crippen molar-refractivity contribution in [1.29, 1.82) is 0 Å². The van der Waals surface area contributed by atoms with E-state index >= 15 is 0 Å². The van der Waals surface area contributed by atoms with Crippen molar-refractivity contribution in [2.24, 2.45) is 17.3 Å². The number of aliphatic carboxylic acids is 3. The molecule has 0 spiro atoms. The van der Waals surface area contributed by atoms with E-state index in [1.807, 2.05) is 24.3 Å². The van der Waals surface area contributed by atoms with Gasteiger partial charge in [0.15, 0.2) is 0 Å². The van der Waals surface area contributed by atoms with Crippen molar-refractivity contribution in [1.82, 2.24) is 5.32 Å². The topological polar surface area (TPSA) is 124 Å². The Morgan fingerprint density at radius 3 is 2.13 bits per heavy atom. The summed E-state index contributed by atoms with van der Waals surface area (Å²) in [6.45, 7) is 0. The van der Waals surface area contributed by atoms with Crippen LogP contribution in [0.5, 0.6) is 0 Å². The van der Waals surface area contributed by atoms with Crippen molar-refractivity contribution in [3.8, 4) is 0 Å². The first-order valence-corrected chi connectivity index (χ1v) is 11.3. The van der Waals surface area contributed by atoms with Crippen molar-refractivity contribution in [3.63, 3.8) is 0 Å². The SMILES string of the molecule is O=C(O)CC1CCCCCC(CC(=O)O)(C2=CC=CC=CN2)CCC(CC(=O)O)CC1. The van der Waals surface area contributed by atoms with Crippen LogP contribution in [0.2, 0.25) is 0 Å². The summed E-state index contributed by atoms with van der Waals surface area (Å²) >= 11 is 0. The fraction of sp³-hybridized carbons (Fsp3) is 0.625. The molecular weight excluding hydrogens is 398 g/mol. The molecule has 7 heteroatoms. The van der Waals surface area contributed by atoms with Crippen LogP contribution in [-0.4, -0.2) is 33.2 Å². The number of hydrogen-bond acceptors (Lipinski definition) is 4. The molecule has 0 aromatic heterocycles. The maximum atomic E-state index is 11.8. The highest BCUT2D eigenvalue weighted by molar-refractivity contribution is 5.69. The van der Waals surface area contributed by atoms with Crippen molar-refractivity contribution in [3.05, 3.63) is 36.2 Å². The van der Waals surface area contributed by atoms with Crippen LogP contribution in [0.4, 0.5) is 0 Å². The first-order valence-electron chi connectivity index (χ1n) is 11.3. The Morgan fingerprint density at radius 2 is 1.48 bits per heavy atom. The normalized spacial score (nSPS) is 27.7. The molecule has 2 rings (SSSR count). The number of carboxylic acid groups (broad SMARTS) is 3. The molecule has 4 N–H and O–H groups in total. The van der Waals surface area contributed by atoms with E-state index in [-0.39, 0.29) is 31.1 Å². The Morgan fingerprint density at radius 1 is 0.806 bits per heavy atom. The van der Waals surface area contributed by atoms with E-state index in [0.717, 1.165) is 31.4 Å². The average Bonchev–Trinajstić information content (AvgIpc) is 2.96. The van der Waals surface area contributed by atoms with Crippen LogP contribution in [0.15, 0.2) is 36.2 Å². The fourth-order valence-corrected chi connectivity index (χ4v) is 4.96. The van der Waals surface area contributed by atoms with Gasteiger partial charge in [0.1, 0.15) is 0 Å². The molecule has 0 aromatic rings. The smallest absolute Gasteiger partial charge is 0.304 e. The summed E-state index contributed by atoms with van der Waals surface area (Å²) in [7, 11) is 0. The quantitative estimate of drug-likeness (QED) is 0.458. The Hall–Kier alpha value is -2.57. The lowest BCUT2D eigenvalue weighted by atomic mass is 9.70. The number of carbonyl (C=O) groups is 3. The molecule has 1 fully saturated rings. The number of hydrogen-bond donors (Lipinski definition) is 4. The molecule has 0 bridgehead atoms. The van der Waals surface area contributed by atoms with Gasteiger partial charge in [0, 0.05) is 30.2 Å². The van der Waals surface area contributed by atoms with Gasteiger partial charge in [-0.25, -0.2) is 0 Å². The standard InChI is InChI=1S/C24H35NO6/c26-21(27)15-18-7-3-1-5-12-24(17-23(30)31,20-8-4-2-6-14-25-20)13-11-19(10-9-18)16-22(28)29/h2,4,6,8,14,18-19,25H,1,3,5,7,9-13,15-17H2,(H,26,27)(H,28,29)(H,30,31).